The van der Waals surface area contributed by atoms with Gasteiger partial charge in [0.05, 0.1) is 39.3 Å². The van der Waals surface area contributed by atoms with Crippen molar-refractivity contribution in [3.05, 3.63) is 182 Å². The number of benzene rings is 7. The Bertz CT molecular complexity index is 3170. The second-order valence-electron chi connectivity index (χ2n) is 13.5. The first-order valence-corrected chi connectivity index (χ1v) is 17.7. The number of pyridine rings is 2. The number of nitrogens with zero attached hydrogens (tertiary/aromatic N) is 4. The van der Waals surface area contributed by atoms with Crippen LogP contribution in [0.1, 0.15) is 0 Å². The van der Waals surface area contributed by atoms with E-state index in [2.05, 4.69) is 179 Å². The summed E-state index contributed by atoms with van der Waals surface area (Å²) in [5.74, 6) is 0. The minimum Gasteiger partial charge on any atom is -0.309 e. The average molecular weight is 663 g/mol. The molecule has 0 N–H and O–H groups in total. The van der Waals surface area contributed by atoms with Gasteiger partial charge in [-0.05, 0) is 89.0 Å². The van der Waals surface area contributed by atoms with Crippen molar-refractivity contribution in [2.24, 2.45) is 0 Å². The molecule has 0 atom stereocenters. The second kappa shape index (κ2) is 11.2. The first-order chi connectivity index (χ1) is 25.8. The van der Waals surface area contributed by atoms with Crippen LogP contribution < -0.4 is 0 Å². The van der Waals surface area contributed by atoms with Gasteiger partial charge in [0.2, 0.25) is 0 Å². The SMILES string of the molecule is c1ccc(-n2c3ccc(-c4cccc(-c5ccc6c(c5)c5cnc7ccccc7c5n6-c5ccccc5)c4)cc3c3c4ccccc4ncc32)cc1. The Balaban J connectivity index is 1.10. The molecule has 0 aliphatic heterocycles. The molecule has 7 aromatic carbocycles. The van der Waals surface area contributed by atoms with E-state index in [0.717, 1.165) is 44.1 Å². The Morgan fingerprint density at radius 3 is 1.58 bits per heavy atom. The van der Waals surface area contributed by atoms with Crippen LogP contribution in [0.2, 0.25) is 0 Å². The predicted molar refractivity (Wildman–Crippen MR) is 217 cm³/mol. The molecule has 242 valence electrons. The Morgan fingerprint density at radius 1 is 0.327 bits per heavy atom. The Labute approximate surface area is 299 Å². The van der Waals surface area contributed by atoms with Crippen molar-refractivity contribution in [1.29, 1.82) is 0 Å². The Hall–Kier alpha value is -7.04. The molecular formula is C48H30N4. The van der Waals surface area contributed by atoms with Crippen LogP contribution >= 0.6 is 0 Å². The van der Waals surface area contributed by atoms with Gasteiger partial charge >= 0.3 is 0 Å². The number of hydrogen-bond donors (Lipinski definition) is 0. The van der Waals surface area contributed by atoms with E-state index in [0.29, 0.717) is 0 Å². The van der Waals surface area contributed by atoms with Crippen molar-refractivity contribution < 1.29 is 0 Å². The van der Waals surface area contributed by atoms with E-state index >= 15 is 0 Å². The van der Waals surface area contributed by atoms with Crippen molar-refractivity contribution in [3.63, 3.8) is 0 Å². The van der Waals surface area contributed by atoms with Crippen LogP contribution in [0.4, 0.5) is 0 Å². The highest BCUT2D eigenvalue weighted by Gasteiger charge is 2.18. The summed E-state index contributed by atoms with van der Waals surface area (Å²) in [6, 6.07) is 60.8. The van der Waals surface area contributed by atoms with E-state index in [9.17, 15) is 0 Å². The van der Waals surface area contributed by atoms with Crippen LogP contribution in [0, 0.1) is 0 Å². The molecule has 4 heterocycles. The summed E-state index contributed by atoms with van der Waals surface area (Å²) in [6.07, 6.45) is 4.06. The minimum absolute atomic E-state index is 0.996. The van der Waals surface area contributed by atoms with E-state index in [-0.39, 0.29) is 0 Å². The molecule has 0 radical (unpaired) electrons. The molecule has 0 saturated heterocycles. The fourth-order valence-electron chi connectivity index (χ4n) is 8.21. The highest BCUT2D eigenvalue weighted by Crippen LogP contribution is 2.40. The normalized spacial score (nSPS) is 11.8. The molecule has 0 spiro atoms. The number of hydrogen-bond acceptors (Lipinski definition) is 2. The minimum atomic E-state index is 0.996. The summed E-state index contributed by atoms with van der Waals surface area (Å²) in [7, 11) is 0. The van der Waals surface area contributed by atoms with Crippen molar-refractivity contribution in [2.75, 3.05) is 0 Å². The average Bonchev–Trinajstić information content (AvgIpc) is 3.74. The Morgan fingerprint density at radius 2 is 0.865 bits per heavy atom. The van der Waals surface area contributed by atoms with Crippen molar-refractivity contribution in [2.45, 2.75) is 0 Å². The molecule has 4 heteroatoms. The lowest BCUT2D eigenvalue weighted by atomic mass is 9.97. The predicted octanol–water partition coefficient (Wildman–Crippen LogP) is 12.3. The third-order valence-electron chi connectivity index (χ3n) is 10.6. The van der Waals surface area contributed by atoms with Crippen LogP contribution in [0.5, 0.6) is 0 Å². The molecule has 4 nitrogen and oxygen atoms in total. The molecule has 0 aliphatic rings. The summed E-state index contributed by atoms with van der Waals surface area (Å²) in [5, 5.41) is 7.10. The maximum Gasteiger partial charge on any atom is 0.0730 e. The fraction of sp³-hybridized carbons (Fsp3) is 0. The van der Waals surface area contributed by atoms with Gasteiger partial charge in [0.15, 0.2) is 0 Å². The quantitative estimate of drug-likeness (QED) is 0.188. The van der Waals surface area contributed by atoms with Crippen LogP contribution in [0.15, 0.2) is 182 Å². The molecule has 0 bridgehead atoms. The maximum absolute atomic E-state index is 4.89. The number of fused-ring (bicyclic) bond motifs is 10. The van der Waals surface area contributed by atoms with Gasteiger partial charge in [-0.15, -0.1) is 0 Å². The first-order valence-electron chi connectivity index (χ1n) is 17.7. The van der Waals surface area contributed by atoms with E-state index in [1.165, 1.54) is 55.0 Å². The third-order valence-corrected chi connectivity index (χ3v) is 10.6. The second-order valence-corrected chi connectivity index (χ2v) is 13.5. The molecule has 11 rings (SSSR count). The van der Waals surface area contributed by atoms with E-state index in [1.54, 1.807) is 0 Å². The smallest absolute Gasteiger partial charge is 0.0730 e. The lowest BCUT2D eigenvalue weighted by molar-refractivity contribution is 1.17. The monoisotopic (exact) mass is 662 g/mol. The molecule has 0 aliphatic carbocycles. The fourth-order valence-corrected chi connectivity index (χ4v) is 8.21. The summed E-state index contributed by atoms with van der Waals surface area (Å²) < 4.78 is 4.72. The Kier molecular flexibility index (Phi) is 6.22. The summed E-state index contributed by atoms with van der Waals surface area (Å²) in [4.78, 5) is 9.75. The summed E-state index contributed by atoms with van der Waals surface area (Å²) >= 11 is 0. The van der Waals surface area contributed by atoms with Crippen molar-refractivity contribution in [1.82, 2.24) is 19.1 Å². The van der Waals surface area contributed by atoms with E-state index in [1.807, 2.05) is 12.4 Å². The molecule has 52 heavy (non-hydrogen) atoms. The highest BCUT2D eigenvalue weighted by molar-refractivity contribution is 6.21. The van der Waals surface area contributed by atoms with Gasteiger partial charge in [0, 0.05) is 49.9 Å². The van der Waals surface area contributed by atoms with Gasteiger partial charge in [-0.2, -0.15) is 0 Å². The van der Waals surface area contributed by atoms with Crippen LogP contribution in [0.25, 0.3) is 99.0 Å². The molecule has 11 aromatic rings. The molecule has 4 aromatic heterocycles. The zero-order valence-electron chi connectivity index (χ0n) is 28.1. The van der Waals surface area contributed by atoms with Gasteiger partial charge in [-0.3, -0.25) is 9.97 Å². The molecule has 0 fully saturated rings. The van der Waals surface area contributed by atoms with E-state index < -0.39 is 0 Å². The molecule has 0 saturated carbocycles. The standard InChI is InChI=1S/C48H30N4/c1-3-14-35(15-4-1)51-45-25-23-34(28-40(45)47-37-18-7-9-20-42(37)50-30-46(47)51)32-13-11-12-31(26-32)33-22-24-44-39(27-33)41-29-49-43-21-10-8-19-38(43)48(41)52(44)36-16-5-2-6-17-36/h1-30H. The molecule has 0 unspecified atom stereocenters. The molecular weight excluding hydrogens is 633 g/mol. The van der Waals surface area contributed by atoms with Gasteiger partial charge in [-0.1, -0.05) is 103 Å². The number of rotatable bonds is 4. The van der Waals surface area contributed by atoms with Crippen molar-refractivity contribution >= 4 is 65.4 Å². The van der Waals surface area contributed by atoms with Gasteiger partial charge < -0.3 is 9.13 Å². The van der Waals surface area contributed by atoms with Gasteiger partial charge in [-0.25, -0.2) is 0 Å². The largest absolute Gasteiger partial charge is 0.309 e. The van der Waals surface area contributed by atoms with Crippen LogP contribution in [-0.2, 0) is 0 Å². The highest BCUT2D eigenvalue weighted by atomic mass is 15.0. The molecule has 0 amide bonds. The van der Waals surface area contributed by atoms with Gasteiger partial charge in [0.25, 0.3) is 0 Å². The topological polar surface area (TPSA) is 35.6 Å². The van der Waals surface area contributed by atoms with Gasteiger partial charge in [0.1, 0.15) is 0 Å². The van der Waals surface area contributed by atoms with Crippen LogP contribution in [0.3, 0.4) is 0 Å². The lowest BCUT2D eigenvalue weighted by Gasteiger charge is -2.10. The number of aromatic nitrogens is 4. The third kappa shape index (κ3) is 4.28. The first kappa shape index (κ1) is 28.8. The zero-order chi connectivity index (χ0) is 34.2. The van der Waals surface area contributed by atoms with E-state index in [4.69, 9.17) is 9.97 Å². The lowest BCUT2D eigenvalue weighted by Crippen LogP contribution is -1.94. The summed E-state index contributed by atoms with van der Waals surface area (Å²) in [6.45, 7) is 0. The van der Waals surface area contributed by atoms with Crippen LogP contribution in [-0.4, -0.2) is 19.1 Å². The van der Waals surface area contributed by atoms with Crippen molar-refractivity contribution in [3.8, 4) is 33.6 Å². The summed E-state index contributed by atoms with van der Waals surface area (Å²) in [5.41, 5.74) is 13.6. The number of para-hydroxylation sites is 4. The zero-order valence-corrected chi connectivity index (χ0v) is 28.1. The maximum atomic E-state index is 4.89.